The van der Waals surface area contributed by atoms with Crippen LogP contribution in [0.2, 0.25) is 0 Å². The Morgan fingerprint density at radius 2 is 1.88 bits per heavy atom. The number of aryl methyl sites for hydroxylation is 4. The fourth-order valence-corrected chi connectivity index (χ4v) is 3.74. The predicted octanol–water partition coefficient (Wildman–Crippen LogP) is 2.99. The lowest BCUT2D eigenvalue weighted by Crippen LogP contribution is -2.27. The minimum Gasteiger partial charge on any atom is -0.497 e. The summed E-state index contributed by atoms with van der Waals surface area (Å²) in [7, 11) is 3.32. The summed E-state index contributed by atoms with van der Waals surface area (Å²) in [6, 6.07) is 15.5. The Labute approximate surface area is 191 Å². The fraction of sp³-hybridized carbons (Fsp3) is 0.280. The van der Waals surface area contributed by atoms with E-state index in [9.17, 15) is 9.59 Å². The van der Waals surface area contributed by atoms with Crippen LogP contribution >= 0.6 is 0 Å². The van der Waals surface area contributed by atoms with Crippen molar-refractivity contribution in [2.45, 2.75) is 33.2 Å². The Morgan fingerprint density at radius 3 is 2.61 bits per heavy atom. The van der Waals surface area contributed by atoms with Gasteiger partial charge in [0.1, 0.15) is 17.0 Å². The third kappa shape index (κ3) is 4.64. The zero-order chi connectivity index (χ0) is 23.5. The summed E-state index contributed by atoms with van der Waals surface area (Å²) in [4.78, 5) is 30.0. The number of amides is 1. The summed E-state index contributed by atoms with van der Waals surface area (Å²) < 4.78 is 8.51. The number of hydrogen-bond donors (Lipinski definition) is 1. The van der Waals surface area contributed by atoms with Gasteiger partial charge in [-0.3, -0.25) is 14.2 Å². The summed E-state index contributed by atoms with van der Waals surface area (Å²) in [5.74, 6) is 0.596. The molecule has 0 fully saturated rings. The SMILES string of the molecule is COc1cccc(CNC(=O)CCc2nc3c(C)nn(-c4ccc(C)cc4)c3n(C)c2=O)c1. The van der Waals surface area contributed by atoms with E-state index >= 15 is 0 Å². The van der Waals surface area contributed by atoms with Crippen LogP contribution in [-0.4, -0.2) is 32.3 Å². The van der Waals surface area contributed by atoms with Gasteiger partial charge in [0, 0.05) is 26.4 Å². The van der Waals surface area contributed by atoms with Crippen LogP contribution in [0, 0.1) is 13.8 Å². The molecule has 0 aliphatic rings. The first-order chi connectivity index (χ1) is 15.9. The molecule has 0 spiro atoms. The van der Waals surface area contributed by atoms with E-state index in [1.165, 1.54) is 0 Å². The summed E-state index contributed by atoms with van der Waals surface area (Å²) >= 11 is 0. The number of carbonyl (C=O) groups excluding carboxylic acids is 1. The van der Waals surface area contributed by atoms with Crippen molar-refractivity contribution < 1.29 is 9.53 Å². The van der Waals surface area contributed by atoms with Crippen molar-refractivity contribution in [3.63, 3.8) is 0 Å². The molecule has 0 unspecified atom stereocenters. The molecule has 0 aliphatic heterocycles. The molecule has 170 valence electrons. The Morgan fingerprint density at radius 1 is 1.12 bits per heavy atom. The topological polar surface area (TPSA) is 91.0 Å². The fourth-order valence-electron chi connectivity index (χ4n) is 3.74. The monoisotopic (exact) mass is 445 g/mol. The molecule has 0 radical (unpaired) electrons. The number of rotatable bonds is 7. The molecular formula is C25H27N5O3. The molecule has 4 aromatic rings. The minimum atomic E-state index is -0.226. The second-order valence-corrected chi connectivity index (χ2v) is 8.06. The molecule has 0 saturated heterocycles. The molecule has 4 rings (SSSR count). The first-order valence-corrected chi connectivity index (χ1v) is 10.8. The van der Waals surface area contributed by atoms with Gasteiger partial charge < -0.3 is 10.1 Å². The molecule has 8 nitrogen and oxygen atoms in total. The molecule has 8 heteroatoms. The van der Waals surface area contributed by atoms with E-state index in [1.807, 2.05) is 62.4 Å². The van der Waals surface area contributed by atoms with E-state index in [0.717, 1.165) is 28.3 Å². The van der Waals surface area contributed by atoms with E-state index < -0.39 is 0 Å². The van der Waals surface area contributed by atoms with Gasteiger partial charge >= 0.3 is 0 Å². The van der Waals surface area contributed by atoms with Crippen LogP contribution in [0.3, 0.4) is 0 Å². The molecule has 0 aliphatic carbocycles. The van der Waals surface area contributed by atoms with Gasteiger partial charge in [0.2, 0.25) is 5.91 Å². The number of methoxy groups -OCH3 is 1. The predicted molar refractivity (Wildman–Crippen MR) is 127 cm³/mol. The molecule has 0 bridgehead atoms. The minimum absolute atomic E-state index is 0.145. The van der Waals surface area contributed by atoms with Gasteiger partial charge in [0.25, 0.3) is 5.56 Å². The standard InChI is InChI=1S/C25H27N5O3/c1-16-8-10-19(11-9-16)30-24-23(17(2)28-30)27-21(25(32)29(24)3)12-13-22(31)26-15-18-6-5-7-20(14-18)33-4/h5-11,14H,12-13,15H2,1-4H3,(H,26,31). The molecule has 2 aromatic heterocycles. The lowest BCUT2D eigenvalue weighted by Gasteiger charge is -2.09. The van der Waals surface area contributed by atoms with Gasteiger partial charge in [0.15, 0.2) is 5.65 Å². The molecule has 1 amide bonds. The molecular weight excluding hydrogens is 418 g/mol. The maximum Gasteiger partial charge on any atom is 0.273 e. The van der Waals surface area contributed by atoms with Gasteiger partial charge in [0.05, 0.1) is 18.5 Å². The average Bonchev–Trinajstić information content (AvgIpc) is 3.15. The first-order valence-electron chi connectivity index (χ1n) is 10.8. The largest absolute Gasteiger partial charge is 0.497 e. The first kappa shape index (κ1) is 22.3. The van der Waals surface area contributed by atoms with Gasteiger partial charge in [-0.2, -0.15) is 5.10 Å². The van der Waals surface area contributed by atoms with Crippen LogP contribution in [0.4, 0.5) is 0 Å². The van der Waals surface area contributed by atoms with Crippen molar-refractivity contribution in [2.75, 3.05) is 7.11 Å². The number of hydrogen-bond acceptors (Lipinski definition) is 5. The normalized spacial score (nSPS) is 11.0. The van der Waals surface area contributed by atoms with Crippen molar-refractivity contribution >= 4 is 17.1 Å². The van der Waals surface area contributed by atoms with Crippen LogP contribution in [0.5, 0.6) is 5.75 Å². The quantitative estimate of drug-likeness (QED) is 0.472. The highest BCUT2D eigenvalue weighted by Gasteiger charge is 2.18. The number of fused-ring (bicyclic) bond motifs is 1. The van der Waals surface area contributed by atoms with Crippen molar-refractivity contribution in [2.24, 2.45) is 7.05 Å². The van der Waals surface area contributed by atoms with Crippen LogP contribution in [0.1, 0.15) is 28.9 Å². The van der Waals surface area contributed by atoms with Crippen molar-refractivity contribution in [1.82, 2.24) is 24.6 Å². The van der Waals surface area contributed by atoms with Gasteiger partial charge in [-0.25, -0.2) is 9.67 Å². The van der Waals surface area contributed by atoms with Gasteiger partial charge in [-0.05, 0) is 43.7 Å². The Kier molecular flexibility index (Phi) is 6.26. The summed E-state index contributed by atoms with van der Waals surface area (Å²) in [6.07, 6.45) is 0.421. The van der Waals surface area contributed by atoms with E-state index in [2.05, 4.69) is 15.4 Å². The number of aromatic nitrogens is 4. The Balaban J connectivity index is 1.52. The number of carbonyl (C=O) groups is 1. The van der Waals surface area contributed by atoms with Crippen molar-refractivity contribution in [1.29, 1.82) is 0 Å². The van der Waals surface area contributed by atoms with Crippen LogP contribution < -0.4 is 15.6 Å². The van der Waals surface area contributed by atoms with Crippen LogP contribution in [0.15, 0.2) is 53.3 Å². The highest BCUT2D eigenvalue weighted by molar-refractivity contribution is 5.77. The third-order valence-electron chi connectivity index (χ3n) is 5.61. The van der Waals surface area contributed by atoms with Gasteiger partial charge in [-0.15, -0.1) is 0 Å². The molecule has 2 heterocycles. The highest BCUT2D eigenvalue weighted by Crippen LogP contribution is 2.20. The number of ether oxygens (including phenoxy) is 1. The van der Waals surface area contributed by atoms with E-state index in [-0.39, 0.29) is 24.3 Å². The highest BCUT2D eigenvalue weighted by atomic mass is 16.5. The molecule has 0 atom stereocenters. The van der Waals surface area contributed by atoms with E-state index in [4.69, 9.17) is 4.74 Å². The second kappa shape index (κ2) is 9.28. The average molecular weight is 446 g/mol. The maximum atomic E-state index is 13.0. The van der Waals surface area contributed by atoms with E-state index in [1.54, 1.807) is 23.4 Å². The van der Waals surface area contributed by atoms with Gasteiger partial charge in [-0.1, -0.05) is 29.8 Å². The lowest BCUT2D eigenvalue weighted by molar-refractivity contribution is -0.121. The molecule has 1 N–H and O–H groups in total. The second-order valence-electron chi connectivity index (χ2n) is 8.06. The summed E-state index contributed by atoms with van der Waals surface area (Å²) in [6.45, 7) is 4.28. The zero-order valence-corrected chi connectivity index (χ0v) is 19.3. The molecule has 33 heavy (non-hydrogen) atoms. The number of nitrogens with zero attached hydrogens (tertiary/aromatic N) is 4. The van der Waals surface area contributed by atoms with Crippen LogP contribution in [-0.2, 0) is 24.8 Å². The zero-order valence-electron chi connectivity index (χ0n) is 19.3. The molecule has 2 aromatic carbocycles. The smallest absolute Gasteiger partial charge is 0.273 e. The Hall–Kier alpha value is -3.94. The summed E-state index contributed by atoms with van der Waals surface area (Å²) in [5.41, 5.74) is 5.09. The third-order valence-corrected chi connectivity index (χ3v) is 5.61. The van der Waals surface area contributed by atoms with Crippen molar-refractivity contribution in [3.05, 3.63) is 81.4 Å². The van der Waals surface area contributed by atoms with E-state index in [0.29, 0.717) is 23.4 Å². The van der Waals surface area contributed by atoms with Crippen molar-refractivity contribution in [3.8, 4) is 11.4 Å². The Bertz CT molecular complexity index is 1370. The lowest BCUT2D eigenvalue weighted by atomic mass is 10.2. The summed E-state index contributed by atoms with van der Waals surface area (Å²) in [5, 5.41) is 7.50. The van der Waals surface area contributed by atoms with Crippen LogP contribution in [0.25, 0.3) is 16.9 Å². The molecule has 0 saturated carbocycles. The number of benzene rings is 2. The maximum absolute atomic E-state index is 13.0. The number of nitrogens with one attached hydrogen (secondary N) is 1.